The number of ether oxygens (including phenoxy) is 1. The molecule has 0 aromatic carbocycles. The predicted octanol–water partition coefficient (Wildman–Crippen LogP) is 2.11. The Balaban J connectivity index is 2.52. The van der Waals surface area contributed by atoms with Gasteiger partial charge in [0.25, 0.3) is 0 Å². The van der Waals surface area contributed by atoms with E-state index in [9.17, 15) is 0 Å². The lowest BCUT2D eigenvalue weighted by molar-refractivity contribution is 0.302. The van der Waals surface area contributed by atoms with Crippen LogP contribution in [-0.2, 0) is 4.74 Å². The van der Waals surface area contributed by atoms with Crippen molar-refractivity contribution in [1.82, 2.24) is 0 Å². The Bertz CT molecular complexity index is 145. The topological polar surface area (TPSA) is 9.23 Å². The van der Waals surface area contributed by atoms with Crippen molar-refractivity contribution in [2.24, 2.45) is 5.92 Å². The Morgan fingerprint density at radius 3 is 2.89 bits per heavy atom. The van der Waals surface area contributed by atoms with E-state index in [1.807, 2.05) is 6.08 Å². The summed E-state index contributed by atoms with van der Waals surface area (Å²) in [6.45, 7) is 2.19. The highest BCUT2D eigenvalue weighted by Crippen LogP contribution is 2.14. The predicted molar refractivity (Wildman–Crippen MR) is 38.0 cm³/mol. The van der Waals surface area contributed by atoms with Gasteiger partial charge < -0.3 is 4.74 Å². The first-order chi connectivity index (χ1) is 4.33. The zero-order valence-electron chi connectivity index (χ0n) is 5.92. The lowest BCUT2D eigenvalue weighted by Crippen LogP contribution is -1.94. The van der Waals surface area contributed by atoms with Gasteiger partial charge in [-0.15, -0.1) is 0 Å². The fraction of sp³-hybridized carbons (Fsp3) is 0.500. The summed E-state index contributed by atoms with van der Waals surface area (Å²) in [5.41, 5.74) is 0. The van der Waals surface area contributed by atoms with E-state index in [1.165, 1.54) is 0 Å². The van der Waals surface area contributed by atoms with E-state index < -0.39 is 0 Å². The second-order valence-electron chi connectivity index (χ2n) is 2.38. The van der Waals surface area contributed by atoms with Gasteiger partial charge in [-0.2, -0.15) is 0 Å². The van der Waals surface area contributed by atoms with Gasteiger partial charge in [-0.05, 0) is 24.5 Å². The highest BCUT2D eigenvalue weighted by Gasteiger charge is 2.01. The maximum Gasteiger partial charge on any atom is 0.114 e. The van der Waals surface area contributed by atoms with Crippen LogP contribution in [0.15, 0.2) is 24.0 Å². The molecule has 0 amide bonds. The first-order valence-corrected chi connectivity index (χ1v) is 3.25. The van der Waals surface area contributed by atoms with Crippen molar-refractivity contribution in [3.8, 4) is 0 Å². The van der Waals surface area contributed by atoms with Crippen LogP contribution in [0.2, 0.25) is 0 Å². The van der Waals surface area contributed by atoms with E-state index in [0.717, 1.165) is 12.2 Å². The molecule has 0 N–H and O–H groups in total. The summed E-state index contributed by atoms with van der Waals surface area (Å²) in [6.07, 6.45) is 7.41. The van der Waals surface area contributed by atoms with Crippen LogP contribution in [0.5, 0.6) is 0 Å². The zero-order valence-corrected chi connectivity index (χ0v) is 5.92. The molecule has 0 radical (unpaired) electrons. The van der Waals surface area contributed by atoms with E-state index in [4.69, 9.17) is 4.74 Å². The molecular weight excluding hydrogens is 112 g/mol. The molecule has 0 heterocycles. The third-order valence-corrected chi connectivity index (χ3v) is 1.52. The minimum Gasteiger partial charge on any atom is -0.497 e. The minimum absolute atomic E-state index is 0.684. The molecule has 1 atom stereocenters. The first-order valence-electron chi connectivity index (χ1n) is 3.25. The van der Waals surface area contributed by atoms with Crippen LogP contribution in [0, 0.1) is 5.92 Å². The van der Waals surface area contributed by atoms with Crippen molar-refractivity contribution in [3.05, 3.63) is 24.0 Å². The molecule has 0 fully saturated rings. The Kier molecular flexibility index (Phi) is 1.93. The maximum absolute atomic E-state index is 5.01. The molecule has 1 rings (SSSR count). The minimum atomic E-state index is 0.684. The summed E-state index contributed by atoms with van der Waals surface area (Å²) < 4.78 is 5.01. The van der Waals surface area contributed by atoms with Gasteiger partial charge in [0, 0.05) is 0 Å². The van der Waals surface area contributed by atoms with Gasteiger partial charge >= 0.3 is 0 Å². The normalized spacial score (nSPS) is 25.6. The molecule has 1 nitrogen and oxygen atoms in total. The number of methoxy groups -OCH3 is 1. The van der Waals surface area contributed by atoms with Gasteiger partial charge in [-0.1, -0.05) is 13.0 Å². The molecule has 0 aromatic heterocycles. The van der Waals surface area contributed by atoms with E-state index >= 15 is 0 Å². The van der Waals surface area contributed by atoms with Gasteiger partial charge in [0.2, 0.25) is 0 Å². The first kappa shape index (κ1) is 6.40. The lowest BCUT2D eigenvalue weighted by atomic mass is 10.0. The Hall–Kier alpha value is -0.720. The van der Waals surface area contributed by atoms with Crippen LogP contribution < -0.4 is 0 Å². The van der Waals surface area contributed by atoms with Gasteiger partial charge in [0.1, 0.15) is 5.76 Å². The third-order valence-electron chi connectivity index (χ3n) is 1.52. The molecule has 0 saturated heterocycles. The number of rotatable bonds is 1. The van der Waals surface area contributed by atoms with Gasteiger partial charge in [0.15, 0.2) is 0 Å². The fourth-order valence-electron chi connectivity index (χ4n) is 0.859. The molecule has 0 unspecified atom stereocenters. The van der Waals surface area contributed by atoms with Crippen molar-refractivity contribution in [2.45, 2.75) is 13.3 Å². The van der Waals surface area contributed by atoms with Crippen molar-refractivity contribution in [3.63, 3.8) is 0 Å². The molecule has 0 saturated carbocycles. The van der Waals surface area contributed by atoms with Crippen LogP contribution in [0.1, 0.15) is 13.3 Å². The van der Waals surface area contributed by atoms with Crippen LogP contribution in [0.3, 0.4) is 0 Å². The summed E-state index contributed by atoms with van der Waals surface area (Å²) in [4.78, 5) is 0. The van der Waals surface area contributed by atoms with E-state index in [1.54, 1.807) is 7.11 Å². The van der Waals surface area contributed by atoms with E-state index in [0.29, 0.717) is 5.92 Å². The second kappa shape index (κ2) is 2.72. The van der Waals surface area contributed by atoms with E-state index in [-0.39, 0.29) is 0 Å². The second-order valence-corrected chi connectivity index (χ2v) is 2.38. The smallest absolute Gasteiger partial charge is 0.114 e. The quantitative estimate of drug-likeness (QED) is 0.520. The maximum atomic E-state index is 5.01. The molecule has 0 bridgehead atoms. The monoisotopic (exact) mass is 124 g/mol. The SMILES string of the molecule is COC1=CC[C@H](C)C=C1. The lowest BCUT2D eigenvalue weighted by Gasteiger charge is -2.09. The summed E-state index contributed by atoms with van der Waals surface area (Å²) in [7, 11) is 1.70. The van der Waals surface area contributed by atoms with Crippen molar-refractivity contribution < 1.29 is 4.74 Å². The fourth-order valence-corrected chi connectivity index (χ4v) is 0.859. The average Bonchev–Trinajstić information content (AvgIpc) is 1.90. The zero-order chi connectivity index (χ0) is 6.69. The Morgan fingerprint density at radius 2 is 2.44 bits per heavy atom. The summed E-state index contributed by atoms with van der Waals surface area (Å²) in [6, 6.07) is 0. The Morgan fingerprint density at radius 1 is 1.67 bits per heavy atom. The number of allylic oxidation sites excluding steroid dienone is 3. The van der Waals surface area contributed by atoms with E-state index in [2.05, 4.69) is 19.1 Å². The molecule has 0 aromatic rings. The third kappa shape index (κ3) is 1.60. The highest BCUT2D eigenvalue weighted by atomic mass is 16.5. The van der Waals surface area contributed by atoms with Crippen LogP contribution in [-0.4, -0.2) is 7.11 Å². The Labute approximate surface area is 56.0 Å². The molecule has 1 aliphatic rings. The van der Waals surface area contributed by atoms with Gasteiger partial charge in [0.05, 0.1) is 7.11 Å². The van der Waals surface area contributed by atoms with Crippen molar-refractivity contribution >= 4 is 0 Å². The highest BCUT2D eigenvalue weighted by molar-refractivity contribution is 5.17. The van der Waals surface area contributed by atoms with Crippen LogP contribution in [0.4, 0.5) is 0 Å². The average molecular weight is 124 g/mol. The van der Waals surface area contributed by atoms with Gasteiger partial charge in [-0.25, -0.2) is 0 Å². The van der Waals surface area contributed by atoms with Crippen molar-refractivity contribution in [2.75, 3.05) is 7.11 Å². The molecular formula is C8H12O. The number of hydrogen-bond donors (Lipinski definition) is 0. The summed E-state index contributed by atoms with van der Waals surface area (Å²) in [5.74, 6) is 1.68. The molecule has 0 spiro atoms. The molecule has 1 heteroatoms. The summed E-state index contributed by atoms with van der Waals surface area (Å²) in [5, 5.41) is 0. The van der Waals surface area contributed by atoms with Gasteiger partial charge in [-0.3, -0.25) is 0 Å². The molecule has 50 valence electrons. The number of hydrogen-bond acceptors (Lipinski definition) is 1. The molecule has 0 aliphatic heterocycles. The van der Waals surface area contributed by atoms with Crippen LogP contribution >= 0.6 is 0 Å². The molecule has 9 heavy (non-hydrogen) atoms. The van der Waals surface area contributed by atoms with Crippen molar-refractivity contribution in [1.29, 1.82) is 0 Å². The largest absolute Gasteiger partial charge is 0.497 e. The molecule has 1 aliphatic carbocycles. The van der Waals surface area contributed by atoms with Crippen LogP contribution in [0.25, 0.3) is 0 Å². The summed E-state index contributed by atoms with van der Waals surface area (Å²) >= 11 is 0. The standard InChI is InChI=1S/C8H12O/c1-7-3-5-8(9-2)6-4-7/h3,5-7H,4H2,1-2H3/t7-/m1/s1.